The summed E-state index contributed by atoms with van der Waals surface area (Å²) in [5.74, 6) is 0. The van der Waals surface area contributed by atoms with Crippen molar-refractivity contribution < 1.29 is 9.59 Å². The fourth-order valence-corrected chi connectivity index (χ4v) is 3.32. The van der Waals surface area contributed by atoms with Crippen LogP contribution in [0.3, 0.4) is 0 Å². The van der Waals surface area contributed by atoms with Gasteiger partial charge >= 0.3 is 0 Å². The van der Waals surface area contributed by atoms with Crippen LogP contribution in [0.15, 0.2) is 24.6 Å². The van der Waals surface area contributed by atoms with Crippen molar-refractivity contribution >= 4 is 0 Å². The molecule has 0 spiro atoms. The highest BCUT2D eigenvalue weighted by atomic mass is 16.3. The van der Waals surface area contributed by atoms with Gasteiger partial charge in [0.2, 0.25) is 0 Å². The van der Waals surface area contributed by atoms with Gasteiger partial charge in [0.25, 0.3) is 0 Å². The standard InChI is InChI=1S/C19H37N2O/c1-3-5-6-7-8-9-10-11-12-13-14-19-20-15-16-21(19,4-2)17-18-22/h8-9,15-16,19-20,22H,3-7,10-14,17-18H2,1-2H3/q+1/b9-8+. The minimum atomic E-state index is 0.263. The zero-order chi connectivity index (χ0) is 16.1. The second-order valence-electron chi connectivity index (χ2n) is 6.47. The van der Waals surface area contributed by atoms with Crippen LogP contribution in [-0.2, 0) is 0 Å². The molecule has 2 N–H and O–H groups in total. The largest absolute Gasteiger partial charge is 0.390 e. The molecule has 0 saturated carbocycles. The molecule has 22 heavy (non-hydrogen) atoms. The topological polar surface area (TPSA) is 32.3 Å². The summed E-state index contributed by atoms with van der Waals surface area (Å²) in [5, 5.41) is 12.8. The Kier molecular flexibility index (Phi) is 10.3. The van der Waals surface area contributed by atoms with Gasteiger partial charge in [0, 0.05) is 6.42 Å². The number of aliphatic hydroxyl groups is 1. The molecule has 3 nitrogen and oxygen atoms in total. The third-order valence-corrected chi connectivity index (χ3v) is 4.88. The van der Waals surface area contributed by atoms with Gasteiger partial charge in [-0.15, -0.1) is 0 Å². The second kappa shape index (κ2) is 11.7. The van der Waals surface area contributed by atoms with E-state index in [2.05, 4.69) is 43.7 Å². The summed E-state index contributed by atoms with van der Waals surface area (Å²) in [6, 6.07) is 0. The van der Waals surface area contributed by atoms with E-state index in [1.807, 2.05) is 0 Å². The highest BCUT2D eigenvalue weighted by Crippen LogP contribution is 2.22. The minimum Gasteiger partial charge on any atom is -0.390 e. The predicted octanol–water partition coefficient (Wildman–Crippen LogP) is 4.30. The van der Waals surface area contributed by atoms with Crippen LogP contribution in [0, 0.1) is 0 Å². The summed E-state index contributed by atoms with van der Waals surface area (Å²) in [6.45, 7) is 6.61. The summed E-state index contributed by atoms with van der Waals surface area (Å²) in [5.41, 5.74) is 0. The quantitative estimate of drug-likeness (QED) is 0.302. The number of rotatable bonds is 13. The zero-order valence-electron chi connectivity index (χ0n) is 14.8. The van der Waals surface area contributed by atoms with Crippen molar-refractivity contribution in [3.8, 4) is 0 Å². The van der Waals surface area contributed by atoms with Crippen LogP contribution in [0.4, 0.5) is 0 Å². The van der Waals surface area contributed by atoms with Gasteiger partial charge in [0.05, 0.1) is 19.4 Å². The molecule has 0 amide bonds. The van der Waals surface area contributed by atoms with E-state index < -0.39 is 0 Å². The number of nitrogens with one attached hydrogen (secondary N) is 1. The lowest BCUT2D eigenvalue weighted by atomic mass is 10.1. The van der Waals surface area contributed by atoms with Gasteiger partial charge in [-0.05, 0) is 39.0 Å². The molecule has 1 aliphatic rings. The number of aliphatic hydroxyl groups excluding tert-OH is 1. The maximum atomic E-state index is 9.30. The highest BCUT2D eigenvalue weighted by Gasteiger charge is 2.35. The van der Waals surface area contributed by atoms with Crippen molar-refractivity contribution in [1.29, 1.82) is 0 Å². The molecular weight excluding hydrogens is 272 g/mol. The number of hydrogen-bond donors (Lipinski definition) is 2. The number of unbranched alkanes of at least 4 members (excludes halogenated alkanes) is 6. The maximum Gasteiger partial charge on any atom is 0.166 e. The molecular formula is C19H37N2O+. The molecule has 2 atom stereocenters. The van der Waals surface area contributed by atoms with Gasteiger partial charge in [0.1, 0.15) is 12.7 Å². The third kappa shape index (κ3) is 6.53. The molecule has 0 saturated heterocycles. The number of allylic oxidation sites excluding steroid dienone is 2. The van der Waals surface area contributed by atoms with E-state index in [0.29, 0.717) is 6.17 Å². The monoisotopic (exact) mass is 309 g/mol. The van der Waals surface area contributed by atoms with Crippen LogP contribution in [0.1, 0.15) is 71.6 Å². The van der Waals surface area contributed by atoms with Gasteiger partial charge in [-0.3, -0.25) is 4.48 Å². The number of hydrogen-bond acceptors (Lipinski definition) is 2. The molecule has 2 unspecified atom stereocenters. The van der Waals surface area contributed by atoms with Gasteiger partial charge in [0.15, 0.2) is 6.17 Å². The van der Waals surface area contributed by atoms with Gasteiger partial charge < -0.3 is 10.4 Å². The average molecular weight is 310 g/mol. The molecule has 3 heteroatoms. The fraction of sp³-hybridized carbons (Fsp3) is 0.789. The molecule has 0 aliphatic carbocycles. The van der Waals surface area contributed by atoms with E-state index in [4.69, 9.17) is 0 Å². The Labute approximate surface area is 137 Å². The Hall–Kier alpha value is -0.800. The normalized spacial score (nSPS) is 24.2. The van der Waals surface area contributed by atoms with E-state index in [1.165, 1.54) is 57.8 Å². The Morgan fingerprint density at radius 2 is 1.77 bits per heavy atom. The molecule has 0 bridgehead atoms. The molecule has 128 valence electrons. The molecule has 0 aromatic carbocycles. The molecule has 0 aromatic heterocycles. The van der Waals surface area contributed by atoms with Gasteiger partial charge in [-0.1, -0.05) is 38.3 Å². The Balaban J connectivity index is 2.09. The summed E-state index contributed by atoms with van der Waals surface area (Å²) in [4.78, 5) is 0. The predicted molar refractivity (Wildman–Crippen MR) is 95.2 cm³/mol. The van der Waals surface area contributed by atoms with Crippen molar-refractivity contribution in [1.82, 2.24) is 5.32 Å². The van der Waals surface area contributed by atoms with Gasteiger partial charge in [-0.2, -0.15) is 0 Å². The first-order chi connectivity index (χ1) is 10.8. The van der Waals surface area contributed by atoms with E-state index in [0.717, 1.165) is 17.6 Å². The van der Waals surface area contributed by atoms with Gasteiger partial charge in [-0.25, -0.2) is 0 Å². The minimum absolute atomic E-state index is 0.263. The summed E-state index contributed by atoms with van der Waals surface area (Å²) >= 11 is 0. The van der Waals surface area contributed by atoms with Crippen LogP contribution in [0.5, 0.6) is 0 Å². The molecule has 1 rings (SSSR count). The van der Waals surface area contributed by atoms with Crippen LogP contribution in [0.2, 0.25) is 0 Å². The lowest BCUT2D eigenvalue weighted by Crippen LogP contribution is -2.54. The maximum absolute atomic E-state index is 9.30. The van der Waals surface area contributed by atoms with Crippen LogP contribution < -0.4 is 5.32 Å². The number of nitrogens with zero attached hydrogens (tertiary/aromatic N) is 1. The Bertz CT molecular complexity index is 327. The molecule has 0 fully saturated rings. The molecule has 1 heterocycles. The first kappa shape index (κ1) is 19.2. The number of likely N-dealkylation sites (N-methyl/N-ethyl adjacent to an activating group) is 1. The van der Waals surface area contributed by atoms with Crippen LogP contribution in [-0.4, -0.2) is 35.5 Å². The highest BCUT2D eigenvalue weighted by molar-refractivity contribution is 4.84. The fourth-order valence-electron chi connectivity index (χ4n) is 3.32. The zero-order valence-corrected chi connectivity index (χ0v) is 14.8. The smallest absolute Gasteiger partial charge is 0.166 e. The van der Waals surface area contributed by atoms with Crippen molar-refractivity contribution in [3.63, 3.8) is 0 Å². The molecule has 0 radical (unpaired) electrons. The van der Waals surface area contributed by atoms with Crippen molar-refractivity contribution in [3.05, 3.63) is 24.6 Å². The van der Waals surface area contributed by atoms with E-state index in [1.54, 1.807) is 0 Å². The van der Waals surface area contributed by atoms with E-state index in [9.17, 15) is 5.11 Å². The average Bonchev–Trinajstić information content (AvgIpc) is 2.93. The summed E-state index contributed by atoms with van der Waals surface area (Å²) in [7, 11) is 0. The Morgan fingerprint density at radius 1 is 1.05 bits per heavy atom. The van der Waals surface area contributed by atoms with E-state index >= 15 is 0 Å². The summed E-state index contributed by atoms with van der Waals surface area (Å²) in [6.07, 6.45) is 21.0. The van der Waals surface area contributed by atoms with E-state index in [-0.39, 0.29) is 6.61 Å². The number of quaternary nitrogens is 1. The Morgan fingerprint density at radius 3 is 2.41 bits per heavy atom. The second-order valence-corrected chi connectivity index (χ2v) is 6.47. The SMILES string of the molecule is CCCCC/C=C/CCCCCC1NC=C[N+]1(CC)CCO. The first-order valence-corrected chi connectivity index (χ1v) is 9.35. The molecule has 0 aromatic rings. The van der Waals surface area contributed by atoms with Crippen molar-refractivity contribution in [2.45, 2.75) is 77.8 Å². The third-order valence-electron chi connectivity index (χ3n) is 4.88. The molecule has 1 aliphatic heterocycles. The lowest BCUT2D eigenvalue weighted by Gasteiger charge is -2.36. The first-order valence-electron chi connectivity index (χ1n) is 9.35. The van der Waals surface area contributed by atoms with Crippen LogP contribution >= 0.6 is 0 Å². The van der Waals surface area contributed by atoms with Crippen molar-refractivity contribution in [2.75, 3.05) is 19.7 Å². The van der Waals surface area contributed by atoms with Crippen molar-refractivity contribution in [2.24, 2.45) is 0 Å². The van der Waals surface area contributed by atoms with Crippen LogP contribution in [0.25, 0.3) is 0 Å². The summed E-state index contributed by atoms with van der Waals surface area (Å²) < 4.78 is 0.897. The lowest BCUT2D eigenvalue weighted by molar-refractivity contribution is -0.900.